The molecule has 1 aliphatic carbocycles. The van der Waals surface area contributed by atoms with E-state index in [0.717, 1.165) is 37.5 Å². The van der Waals surface area contributed by atoms with Gasteiger partial charge in [-0.15, -0.1) is 0 Å². The van der Waals surface area contributed by atoms with Crippen LogP contribution in [0.4, 0.5) is 0 Å². The van der Waals surface area contributed by atoms with Crippen molar-refractivity contribution in [3.8, 4) is 0 Å². The van der Waals surface area contributed by atoms with Crippen LogP contribution in [0.3, 0.4) is 0 Å². The summed E-state index contributed by atoms with van der Waals surface area (Å²) in [6, 6.07) is 0.698. The maximum Gasteiger partial charge on any atom is 0.0645 e. The summed E-state index contributed by atoms with van der Waals surface area (Å²) in [6.45, 7) is 13.5. The number of hydrogen-bond donors (Lipinski definition) is 1. The smallest absolute Gasteiger partial charge is 0.0645 e. The minimum atomic E-state index is 0.196. The topological polar surface area (TPSA) is 24.5 Å². The molecule has 2 fully saturated rings. The van der Waals surface area contributed by atoms with Gasteiger partial charge >= 0.3 is 0 Å². The average molecular weight is 282 g/mol. The maximum absolute atomic E-state index is 5.66. The van der Waals surface area contributed by atoms with Gasteiger partial charge in [-0.25, -0.2) is 0 Å². The van der Waals surface area contributed by atoms with E-state index in [9.17, 15) is 0 Å². The van der Waals surface area contributed by atoms with Crippen molar-refractivity contribution < 1.29 is 4.74 Å². The fourth-order valence-electron chi connectivity index (χ4n) is 4.00. The fraction of sp³-hybridized carbons (Fsp3) is 1.00. The molecule has 1 heterocycles. The molecule has 20 heavy (non-hydrogen) atoms. The van der Waals surface area contributed by atoms with Crippen molar-refractivity contribution in [3.05, 3.63) is 0 Å². The molecule has 1 saturated heterocycles. The van der Waals surface area contributed by atoms with Gasteiger partial charge in [-0.05, 0) is 57.9 Å². The molecule has 1 aliphatic heterocycles. The first kappa shape index (κ1) is 16.3. The van der Waals surface area contributed by atoms with Crippen molar-refractivity contribution in [3.63, 3.8) is 0 Å². The van der Waals surface area contributed by atoms with Crippen LogP contribution in [0.5, 0.6) is 0 Å². The Labute approximate surface area is 125 Å². The molecular formula is C17H34N2O. The third kappa shape index (κ3) is 3.75. The van der Waals surface area contributed by atoms with E-state index in [4.69, 9.17) is 4.74 Å². The molecule has 0 amide bonds. The van der Waals surface area contributed by atoms with E-state index in [1.54, 1.807) is 0 Å². The second-order valence-corrected chi connectivity index (χ2v) is 7.78. The van der Waals surface area contributed by atoms with Gasteiger partial charge in [0.05, 0.1) is 13.2 Å². The Hall–Kier alpha value is -0.120. The van der Waals surface area contributed by atoms with Gasteiger partial charge in [0.25, 0.3) is 0 Å². The summed E-state index contributed by atoms with van der Waals surface area (Å²) < 4.78 is 5.66. The molecule has 0 aromatic rings. The first-order valence-electron chi connectivity index (χ1n) is 8.44. The van der Waals surface area contributed by atoms with Gasteiger partial charge in [0, 0.05) is 24.7 Å². The van der Waals surface area contributed by atoms with Gasteiger partial charge in [-0.2, -0.15) is 0 Å². The summed E-state index contributed by atoms with van der Waals surface area (Å²) in [5.74, 6) is 2.53. The third-order valence-corrected chi connectivity index (χ3v) is 5.61. The van der Waals surface area contributed by atoms with E-state index in [0.29, 0.717) is 6.04 Å². The highest BCUT2D eigenvalue weighted by atomic mass is 16.5. The number of hydrogen-bond acceptors (Lipinski definition) is 3. The fourth-order valence-corrected chi connectivity index (χ4v) is 4.00. The summed E-state index contributed by atoms with van der Waals surface area (Å²) in [5, 5.41) is 3.57. The number of ether oxygens (including phenoxy) is 1. The molecule has 2 aliphatic rings. The molecule has 1 N–H and O–H groups in total. The molecule has 2 rings (SSSR count). The molecule has 0 bridgehead atoms. The van der Waals surface area contributed by atoms with Crippen molar-refractivity contribution in [1.82, 2.24) is 10.2 Å². The lowest BCUT2D eigenvalue weighted by Crippen LogP contribution is -2.56. The van der Waals surface area contributed by atoms with Crippen molar-refractivity contribution >= 4 is 0 Å². The predicted molar refractivity (Wildman–Crippen MR) is 85.0 cm³/mol. The van der Waals surface area contributed by atoms with Crippen LogP contribution in [0.2, 0.25) is 0 Å². The Morgan fingerprint density at radius 3 is 2.65 bits per heavy atom. The summed E-state index contributed by atoms with van der Waals surface area (Å²) in [7, 11) is 2.14. The van der Waals surface area contributed by atoms with Crippen LogP contribution in [0.15, 0.2) is 0 Å². The van der Waals surface area contributed by atoms with Crippen molar-refractivity contribution in [1.29, 1.82) is 0 Å². The van der Waals surface area contributed by atoms with Gasteiger partial charge in [-0.3, -0.25) is 4.90 Å². The van der Waals surface area contributed by atoms with Crippen LogP contribution >= 0.6 is 0 Å². The first-order chi connectivity index (χ1) is 9.44. The Bertz CT molecular complexity index is 303. The van der Waals surface area contributed by atoms with Crippen LogP contribution in [-0.2, 0) is 4.74 Å². The van der Waals surface area contributed by atoms with E-state index in [1.165, 1.54) is 25.8 Å². The molecule has 0 aromatic heterocycles. The second kappa shape index (κ2) is 6.76. The van der Waals surface area contributed by atoms with Gasteiger partial charge in [0.1, 0.15) is 0 Å². The minimum absolute atomic E-state index is 0.196. The summed E-state index contributed by atoms with van der Waals surface area (Å²) in [5.41, 5.74) is 0.196. The normalized spacial score (nSPS) is 35.4. The first-order valence-corrected chi connectivity index (χ1v) is 8.44. The van der Waals surface area contributed by atoms with E-state index >= 15 is 0 Å². The van der Waals surface area contributed by atoms with Gasteiger partial charge < -0.3 is 10.1 Å². The monoisotopic (exact) mass is 282 g/mol. The molecule has 3 unspecified atom stereocenters. The Kier molecular flexibility index (Phi) is 5.49. The highest BCUT2D eigenvalue weighted by Crippen LogP contribution is 2.35. The van der Waals surface area contributed by atoms with E-state index in [-0.39, 0.29) is 5.54 Å². The van der Waals surface area contributed by atoms with Gasteiger partial charge in [0.15, 0.2) is 0 Å². The quantitative estimate of drug-likeness (QED) is 0.858. The Balaban J connectivity index is 2.00. The van der Waals surface area contributed by atoms with Gasteiger partial charge in [-0.1, -0.05) is 13.8 Å². The highest BCUT2D eigenvalue weighted by molar-refractivity contribution is 4.91. The number of nitrogens with one attached hydrogen (secondary N) is 1. The minimum Gasteiger partial charge on any atom is -0.378 e. The summed E-state index contributed by atoms with van der Waals surface area (Å²) in [6.07, 6.45) is 4.12. The van der Waals surface area contributed by atoms with Gasteiger partial charge in [0.2, 0.25) is 0 Å². The molecule has 118 valence electrons. The molecular weight excluding hydrogens is 248 g/mol. The lowest BCUT2D eigenvalue weighted by atomic mass is 9.73. The number of morpholine rings is 1. The lowest BCUT2D eigenvalue weighted by molar-refractivity contribution is -0.0630. The predicted octanol–water partition coefficient (Wildman–Crippen LogP) is 2.76. The van der Waals surface area contributed by atoms with Crippen molar-refractivity contribution in [2.24, 2.45) is 17.8 Å². The molecule has 3 nitrogen and oxygen atoms in total. The molecule has 3 heteroatoms. The standard InChI is InChI=1S/C17H34N2O/c1-13(2)14-6-7-16(18-5)15(10-14)11-19-8-9-20-12-17(19,3)4/h13-16,18H,6-12H2,1-5H3. The van der Waals surface area contributed by atoms with Crippen molar-refractivity contribution in [2.45, 2.75) is 58.5 Å². The SMILES string of the molecule is CNC1CCC(C(C)C)CC1CN1CCOCC1(C)C. The molecule has 3 atom stereocenters. The van der Waals surface area contributed by atoms with Crippen LogP contribution in [0, 0.1) is 17.8 Å². The zero-order valence-electron chi connectivity index (χ0n) is 14.1. The molecule has 0 spiro atoms. The van der Waals surface area contributed by atoms with E-state index in [2.05, 4.69) is 45.0 Å². The zero-order chi connectivity index (χ0) is 14.8. The largest absolute Gasteiger partial charge is 0.378 e. The average Bonchev–Trinajstić information content (AvgIpc) is 2.41. The summed E-state index contributed by atoms with van der Waals surface area (Å²) in [4.78, 5) is 2.66. The van der Waals surface area contributed by atoms with Crippen LogP contribution < -0.4 is 5.32 Å². The van der Waals surface area contributed by atoms with Crippen LogP contribution in [-0.4, -0.2) is 49.8 Å². The van der Waals surface area contributed by atoms with Crippen molar-refractivity contribution in [2.75, 3.05) is 33.4 Å². The lowest BCUT2D eigenvalue weighted by Gasteiger charge is -2.47. The Morgan fingerprint density at radius 1 is 1.30 bits per heavy atom. The Morgan fingerprint density at radius 2 is 2.05 bits per heavy atom. The third-order valence-electron chi connectivity index (χ3n) is 5.61. The molecule has 0 radical (unpaired) electrons. The van der Waals surface area contributed by atoms with Crippen LogP contribution in [0.1, 0.15) is 47.0 Å². The number of rotatable bonds is 4. The summed E-state index contributed by atoms with van der Waals surface area (Å²) >= 11 is 0. The number of nitrogens with zero attached hydrogens (tertiary/aromatic N) is 1. The maximum atomic E-state index is 5.66. The molecule has 1 saturated carbocycles. The van der Waals surface area contributed by atoms with Crippen LogP contribution in [0.25, 0.3) is 0 Å². The zero-order valence-corrected chi connectivity index (χ0v) is 14.1. The second-order valence-electron chi connectivity index (χ2n) is 7.78. The van der Waals surface area contributed by atoms with E-state index < -0.39 is 0 Å². The van der Waals surface area contributed by atoms with E-state index in [1.807, 2.05) is 0 Å². The highest BCUT2D eigenvalue weighted by Gasteiger charge is 2.36. The molecule has 0 aromatic carbocycles.